The van der Waals surface area contributed by atoms with Crippen molar-refractivity contribution < 1.29 is 14.6 Å². The molecule has 0 bridgehead atoms. The molecule has 0 aliphatic heterocycles. The van der Waals surface area contributed by atoms with E-state index in [1.807, 2.05) is 13.0 Å². The molecule has 0 saturated carbocycles. The van der Waals surface area contributed by atoms with Crippen molar-refractivity contribution in [2.75, 3.05) is 26.8 Å². The maximum absolute atomic E-state index is 12.3. The van der Waals surface area contributed by atoms with Crippen molar-refractivity contribution in [2.45, 2.75) is 13.3 Å². The first kappa shape index (κ1) is 15.0. The number of hydrogen-bond donors (Lipinski definition) is 1. The lowest BCUT2D eigenvalue weighted by Crippen LogP contribution is -2.34. The molecule has 0 fully saturated rings. The van der Waals surface area contributed by atoms with Crippen LogP contribution in [0.1, 0.15) is 22.3 Å². The van der Waals surface area contributed by atoms with E-state index in [4.69, 9.17) is 10.00 Å². The highest BCUT2D eigenvalue weighted by Gasteiger charge is 2.18. The molecular formula is C14H18N2O3. The first-order valence-electron chi connectivity index (χ1n) is 6.05. The van der Waals surface area contributed by atoms with Crippen LogP contribution >= 0.6 is 0 Å². The van der Waals surface area contributed by atoms with Crippen LogP contribution < -0.4 is 0 Å². The van der Waals surface area contributed by atoms with Gasteiger partial charge in [0, 0.05) is 20.2 Å². The zero-order valence-electron chi connectivity index (χ0n) is 11.2. The standard InChI is InChI=1S/C14H18N2O3/c1-11-4-5-13(17)12(10-11)14(18)16(7-3-6-15)8-9-19-2/h4-5,10,17H,3,7-9H2,1-2H3. The van der Waals surface area contributed by atoms with Crippen LogP contribution in [0, 0.1) is 18.3 Å². The van der Waals surface area contributed by atoms with Crippen molar-refractivity contribution in [1.29, 1.82) is 5.26 Å². The van der Waals surface area contributed by atoms with Crippen LogP contribution in [0.5, 0.6) is 5.75 Å². The Morgan fingerprint density at radius 2 is 2.21 bits per heavy atom. The largest absolute Gasteiger partial charge is 0.507 e. The van der Waals surface area contributed by atoms with E-state index in [1.165, 1.54) is 11.0 Å². The maximum atomic E-state index is 12.3. The SMILES string of the molecule is COCCN(CCC#N)C(=O)c1cc(C)ccc1O. The molecule has 1 amide bonds. The average Bonchev–Trinajstić information content (AvgIpc) is 2.41. The summed E-state index contributed by atoms with van der Waals surface area (Å²) in [5.74, 6) is -0.330. The van der Waals surface area contributed by atoms with Gasteiger partial charge < -0.3 is 14.7 Å². The predicted molar refractivity (Wildman–Crippen MR) is 70.9 cm³/mol. The van der Waals surface area contributed by atoms with Crippen LogP contribution in [0.25, 0.3) is 0 Å². The van der Waals surface area contributed by atoms with Crippen LogP contribution in [-0.2, 0) is 4.74 Å². The van der Waals surface area contributed by atoms with Gasteiger partial charge in [0.1, 0.15) is 5.75 Å². The number of nitriles is 1. The molecule has 5 heteroatoms. The number of amides is 1. The zero-order chi connectivity index (χ0) is 14.3. The number of benzene rings is 1. The summed E-state index contributed by atoms with van der Waals surface area (Å²) < 4.78 is 4.95. The Morgan fingerprint density at radius 3 is 2.84 bits per heavy atom. The van der Waals surface area contributed by atoms with Gasteiger partial charge in [0.25, 0.3) is 5.91 Å². The van der Waals surface area contributed by atoms with E-state index in [9.17, 15) is 9.90 Å². The Morgan fingerprint density at radius 1 is 1.47 bits per heavy atom. The van der Waals surface area contributed by atoms with E-state index in [0.29, 0.717) is 19.7 Å². The van der Waals surface area contributed by atoms with Gasteiger partial charge in [-0.05, 0) is 19.1 Å². The van der Waals surface area contributed by atoms with Gasteiger partial charge in [-0.1, -0.05) is 11.6 Å². The molecule has 0 unspecified atom stereocenters. The van der Waals surface area contributed by atoms with E-state index in [2.05, 4.69) is 0 Å². The number of rotatable bonds is 6. The number of ether oxygens (including phenoxy) is 1. The number of nitrogens with zero attached hydrogens (tertiary/aromatic N) is 2. The smallest absolute Gasteiger partial charge is 0.257 e. The van der Waals surface area contributed by atoms with Gasteiger partial charge in [-0.15, -0.1) is 0 Å². The topological polar surface area (TPSA) is 73.6 Å². The highest BCUT2D eigenvalue weighted by molar-refractivity contribution is 5.97. The molecule has 0 radical (unpaired) electrons. The molecule has 1 aromatic rings. The molecule has 1 N–H and O–H groups in total. The highest BCUT2D eigenvalue weighted by Crippen LogP contribution is 2.20. The van der Waals surface area contributed by atoms with Crippen molar-refractivity contribution in [3.63, 3.8) is 0 Å². The van der Waals surface area contributed by atoms with Gasteiger partial charge in [0.2, 0.25) is 0 Å². The van der Waals surface area contributed by atoms with Gasteiger partial charge in [-0.3, -0.25) is 4.79 Å². The average molecular weight is 262 g/mol. The van der Waals surface area contributed by atoms with Gasteiger partial charge in [0.15, 0.2) is 0 Å². The predicted octanol–water partition coefficient (Wildman–Crippen LogP) is 1.70. The number of methoxy groups -OCH3 is 1. The summed E-state index contributed by atoms with van der Waals surface area (Å²) in [6.07, 6.45) is 0.252. The summed E-state index contributed by atoms with van der Waals surface area (Å²) in [4.78, 5) is 13.8. The highest BCUT2D eigenvalue weighted by atomic mass is 16.5. The Balaban J connectivity index is 2.91. The maximum Gasteiger partial charge on any atom is 0.257 e. The molecule has 0 aliphatic carbocycles. The molecule has 0 aliphatic rings. The lowest BCUT2D eigenvalue weighted by molar-refractivity contribution is 0.0697. The summed E-state index contributed by atoms with van der Waals surface area (Å²) in [6.45, 7) is 2.96. The van der Waals surface area contributed by atoms with E-state index < -0.39 is 0 Å². The fourth-order valence-corrected chi connectivity index (χ4v) is 1.69. The van der Waals surface area contributed by atoms with Gasteiger partial charge in [0.05, 0.1) is 24.7 Å². The number of phenols is 1. The van der Waals surface area contributed by atoms with Crippen LogP contribution in [0.15, 0.2) is 18.2 Å². The van der Waals surface area contributed by atoms with Crippen LogP contribution in [0.4, 0.5) is 0 Å². The van der Waals surface area contributed by atoms with Crippen LogP contribution in [0.2, 0.25) is 0 Å². The number of phenolic OH excluding ortho intramolecular Hbond substituents is 1. The molecule has 102 valence electrons. The Bertz CT molecular complexity index is 480. The number of hydrogen-bond acceptors (Lipinski definition) is 4. The quantitative estimate of drug-likeness (QED) is 0.846. The van der Waals surface area contributed by atoms with E-state index >= 15 is 0 Å². The molecule has 0 spiro atoms. The molecule has 0 heterocycles. The first-order valence-corrected chi connectivity index (χ1v) is 6.05. The van der Waals surface area contributed by atoms with Gasteiger partial charge in [-0.2, -0.15) is 5.26 Å². The third-order valence-corrected chi connectivity index (χ3v) is 2.73. The van der Waals surface area contributed by atoms with Crippen molar-refractivity contribution in [2.24, 2.45) is 0 Å². The minimum atomic E-state index is -0.284. The number of aromatic hydroxyl groups is 1. The Hall–Kier alpha value is -2.06. The summed E-state index contributed by atoms with van der Waals surface area (Å²) in [5, 5.41) is 18.4. The van der Waals surface area contributed by atoms with Crippen molar-refractivity contribution in [3.05, 3.63) is 29.3 Å². The summed E-state index contributed by atoms with van der Waals surface area (Å²) >= 11 is 0. The van der Waals surface area contributed by atoms with Crippen molar-refractivity contribution in [1.82, 2.24) is 4.90 Å². The van der Waals surface area contributed by atoms with Crippen LogP contribution in [0.3, 0.4) is 0 Å². The fraction of sp³-hybridized carbons (Fsp3) is 0.429. The Labute approximate surface area is 113 Å². The monoisotopic (exact) mass is 262 g/mol. The zero-order valence-corrected chi connectivity index (χ0v) is 11.2. The first-order chi connectivity index (χ1) is 9.10. The fourth-order valence-electron chi connectivity index (χ4n) is 1.69. The molecule has 1 rings (SSSR count). The molecule has 0 aromatic heterocycles. The number of carbonyl (C=O) groups is 1. The normalized spacial score (nSPS) is 9.95. The van der Waals surface area contributed by atoms with Crippen LogP contribution in [-0.4, -0.2) is 42.7 Å². The second-order valence-corrected chi connectivity index (χ2v) is 4.21. The molecular weight excluding hydrogens is 244 g/mol. The van der Waals surface area contributed by atoms with E-state index in [1.54, 1.807) is 19.2 Å². The molecule has 19 heavy (non-hydrogen) atoms. The van der Waals surface area contributed by atoms with E-state index in [-0.39, 0.29) is 23.6 Å². The second-order valence-electron chi connectivity index (χ2n) is 4.21. The van der Waals surface area contributed by atoms with Crippen molar-refractivity contribution in [3.8, 4) is 11.8 Å². The van der Waals surface area contributed by atoms with E-state index in [0.717, 1.165) is 5.56 Å². The molecule has 1 aromatic carbocycles. The Kier molecular flexibility index (Phi) is 5.83. The second kappa shape index (κ2) is 7.39. The molecule has 0 atom stereocenters. The minimum Gasteiger partial charge on any atom is -0.507 e. The third kappa shape index (κ3) is 4.27. The third-order valence-electron chi connectivity index (χ3n) is 2.73. The summed E-state index contributed by atoms with van der Waals surface area (Å²) in [7, 11) is 1.55. The number of aryl methyl sites for hydroxylation is 1. The summed E-state index contributed by atoms with van der Waals surface area (Å²) in [6, 6.07) is 6.89. The lowest BCUT2D eigenvalue weighted by Gasteiger charge is -2.21. The summed E-state index contributed by atoms with van der Waals surface area (Å²) in [5.41, 5.74) is 1.15. The van der Waals surface area contributed by atoms with Gasteiger partial charge in [-0.25, -0.2) is 0 Å². The lowest BCUT2D eigenvalue weighted by atomic mass is 10.1. The minimum absolute atomic E-state index is 0.0463. The van der Waals surface area contributed by atoms with Gasteiger partial charge >= 0.3 is 0 Å². The number of carbonyl (C=O) groups excluding carboxylic acids is 1. The molecule has 5 nitrogen and oxygen atoms in total. The van der Waals surface area contributed by atoms with Crippen molar-refractivity contribution >= 4 is 5.91 Å². The molecule has 0 saturated heterocycles.